The van der Waals surface area contributed by atoms with E-state index in [-0.39, 0.29) is 16.6 Å². The highest BCUT2D eigenvalue weighted by Gasteiger charge is 2.16. The molecule has 0 radical (unpaired) electrons. The van der Waals surface area contributed by atoms with Gasteiger partial charge in [-0.3, -0.25) is 4.98 Å². The first-order valence-electron chi connectivity index (χ1n) is 5.79. The van der Waals surface area contributed by atoms with Crippen LogP contribution in [0.15, 0.2) is 42.6 Å². The van der Waals surface area contributed by atoms with E-state index in [1.807, 2.05) is 25.1 Å². The van der Waals surface area contributed by atoms with Crippen molar-refractivity contribution >= 4 is 23.3 Å². The molecule has 1 unspecified atom stereocenters. The quantitative estimate of drug-likeness (QED) is 0.895. The third kappa shape index (κ3) is 3.03. The molecular weight excluding hydrogens is 264 g/mol. The van der Waals surface area contributed by atoms with E-state index in [4.69, 9.17) is 11.6 Å². The molecule has 0 aliphatic rings. The summed E-state index contributed by atoms with van der Waals surface area (Å²) in [5.74, 6) is -1.05. The predicted molar refractivity (Wildman–Crippen MR) is 74.7 cm³/mol. The lowest BCUT2D eigenvalue weighted by molar-refractivity contribution is 0.0698. The molecule has 0 amide bonds. The topological polar surface area (TPSA) is 62.2 Å². The molecule has 19 heavy (non-hydrogen) atoms. The maximum absolute atomic E-state index is 11.2. The number of hydrogen-bond donors (Lipinski definition) is 2. The normalized spacial score (nSPS) is 11.9. The summed E-state index contributed by atoms with van der Waals surface area (Å²) in [7, 11) is 0. The Kier molecular flexibility index (Phi) is 4.02. The summed E-state index contributed by atoms with van der Waals surface area (Å²) in [6.07, 6.45) is 1.70. The van der Waals surface area contributed by atoms with Gasteiger partial charge in [-0.2, -0.15) is 0 Å². The molecule has 0 spiro atoms. The molecule has 1 atom stereocenters. The number of nitrogens with one attached hydrogen (secondary N) is 1. The van der Waals surface area contributed by atoms with Crippen LogP contribution in [0.4, 0.5) is 5.69 Å². The van der Waals surface area contributed by atoms with Crippen molar-refractivity contribution in [2.45, 2.75) is 13.0 Å². The summed E-state index contributed by atoms with van der Waals surface area (Å²) in [6.45, 7) is 1.91. The van der Waals surface area contributed by atoms with E-state index in [1.165, 1.54) is 0 Å². The lowest BCUT2D eigenvalue weighted by Crippen LogP contribution is -2.12. The molecule has 4 nitrogen and oxygen atoms in total. The summed E-state index contributed by atoms with van der Waals surface area (Å²) in [5.41, 5.74) is 1.39. The summed E-state index contributed by atoms with van der Waals surface area (Å²) >= 11 is 5.92. The van der Waals surface area contributed by atoms with Crippen LogP contribution in [0.2, 0.25) is 5.02 Å². The average molecular weight is 277 g/mol. The van der Waals surface area contributed by atoms with Gasteiger partial charge >= 0.3 is 5.97 Å². The van der Waals surface area contributed by atoms with Gasteiger partial charge < -0.3 is 10.4 Å². The van der Waals surface area contributed by atoms with E-state index in [2.05, 4.69) is 10.3 Å². The van der Waals surface area contributed by atoms with Gasteiger partial charge in [0.15, 0.2) is 0 Å². The Hall–Kier alpha value is -2.07. The number of benzene rings is 1. The number of aromatic carboxylic acids is 1. The SMILES string of the molecule is CC(Nc1cccc(Cl)c1C(=O)O)c1ccccn1. The second-order valence-electron chi connectivity index (χ2n) is 4.09. The Morgan fingerprint density at radius 3 is 2.74 bits per heavy atom. The first-order valence-corrected chi connectivity index (χ1v) is 6.16. The van der Waals surface area contributed by atoms with Crippen LogP contribution >= 0.6 is 11.6 Å². The molecule has 0 aliphatic heterocycles. The van der Waals surface area contributed by atoms with Crippen molar-refractivity contribution in [3.63, 3.8) is 0 Å². The molecule has 0 fully saturated rings. The van der Waals surface area contributed by atoms with Crippen LogP contribution in [0.3, 0.4) is 0 Å². The summed E-state index contributed by atoms with van der Waals surface area (Å²) < 4.78 is 0. The van der Waals surface area contributed by atoms with Gasteiger partial charge in [0.2, 0.25) is 0 Å². The van der Waals surface area contributed by atoms with Crippen LogP contribution in [0, 0.1) is 0 Å². The van der Waals surface area contributed by atoms with Gasteiger partial charge in [0.05, 0.1) is 22.4 Å². The smallest absolute Gasteiger partial charge is 0.339 e. The standard InChI is InChI=1S/C14H13ClN2O2/c1-9(11-6-2-3-8-16-11)17-12-7-4-5-10(15)13(12)14(18)19/h2-9,17H,1H3,(H,18,19). The second-order valence-corrected chi connectivity index (χ2v) is 4.50. The number of rotatable bonds is 4. The molecule has 2 rings (SSSR count). The van der Waals surface area contributed by atoms with E-state index in [0.29, 0.717) is 5.69 Å². The lowest BCUT2D eigenvalue weighted by atomic mass is 10.1. The second kappa shape index (κ2) is 5.71. The highest BCUT2D eigenvalue weighted by molar-refractivity contribution is 6.34. The fourth-order valence-electron chi connectivity index (χ4n) is 1.80. The molecule has 0 aliphatic carbocycles. The van der Waals surface area contributed by atoms with E-state index in [0.717, 1.165) is 5.69 Å². The van der Waals surface area contributed by atoms with Gasteiger partial charge in [-0.05, 0) is 31.2 Å². The van der Waals surface area contributed by atoms with Gasteiger partial charge in [-0.15, -0.1) is 0 Å². The molecule has 2 aromatic rings. The fraction of sp³-hybridized carbons (Fsp3) is 0.143. The monoisotopic (exact) mass is 276 g/mol. The van der Waals surface area contributed by atoms with Crippen LogP contribution in [0.25, 0.3) is 0 Å². The number of nitrogens with zero attached hydrogens (tertiary/aromatic N) is 1. The van der Waals surface area contributed by atoms with Crippen LogP contribution in [-0.4, -0.2) is 16.1 Å². The molecule has 0 bridgehead atoms. The zero-order valence-electron chi connectivity index (χ0n) is 10.3. The number of carboxylic acid groups (broad SMARTS) is 1. The predicted octanol–water partition coefficient (Wildman–Crippen LogP) is 3.61. The van der Waals surface area contributed by atoms with Crippen molar-refractivity contribution in [2.24, 2.45) is 0 Å². The minimum absolute atomic E-state index is 0.0759. The number of halogens is 1. The fourth-order valence-corrected chi connectivity index (χ4v) is 2.06. The molecule has 1 aromatic carbocycles. The van der Waals surface area contributed by atoms with Crippen molar-refractivity contribution in [3.8, 4) is 0 Å². The molecule has 1 heterocycles. The Balaban J connectivity index is 2.29. The van der Waals surface area contributed by atoms with Crippen LogP contribution in [0.1, 0.15) is 29.0 Å². The van der Waals surface area contributed by atoms with Gasteiger partial charge in [-0.1, -0.05) is 23.7 Å². The number of pyridine rings is 1. The maximum atomic E-state index is 11.2. The Bertz CT molecular complexity index is 587. The van der Waals surface area contributed by atoms with Gasteiger partial charge in [0, 0.05) is 6.20 Å². The molecule has 0 saturated carbocycles. The van der Waals surface area contributed by atoms with Crippen LogP contribution in [-0.2, 0) is 0 Å². The first-order chi connectivity index (χ1) is 9.09. The molecule has 1 aromatic heterocycles. The van der Waals surface area contributed by atoms with Crippen molar-refractivity contribution in [2.75, 3.05) is 5.32 Å². The van der Waals surface area contributed by atoms with Crippen LogP contribution < -0.4 is 5.32 Å². The highest BCUT2D eigenvalue weighted by Crippen LogP contribution is 2.27. The third-order valence-corrected chi connectivity index (χ3v) is 3.05. The summed E-state index contributed by atoms with van der Waals surface area (Å²) in [4.78, 5) is 15.4. The van der Waals surface area contributed by atoms with Crippen LogP contribution in [0.5, 0.6) is 0 Å². The molecule has 2 N–H and O–H groups in total. The maximum Gasteiger partial charge on any atom is 0.339 e. The molecule has 98 valence electrons. The minimum atomic E-state index is -1.05. The first kappa shape index (κ1) is 13.4. The van der Waals surface area contributed by atoms with Gasteiger partial charge in [0.1, 0.15) is 5.56 Å². The number of hydrogen-bond acceptors (Lipinski definition) is 3. The molecular formula is C14H13ClN2O2. The zero-order valence-corrected chi connectivity index (χ0v) is 11.1. The van der Waals surface area contributed by atoms with Crippen molar-refractivity contribution in [1.82, 2.24) is 4.98 Å². The Morgan fingerprint density at radius 1 is 1.32 bits per heavy atom. The number of anilines is 1. The number of carboxylic acids is 1. The largest absolute Gasteiger partial charge is 0.478 e. The average Bonchev–Trinajstić information content (AvgIpc) is 2.39. The Labute approximate surface area is 116 Å². The van der Waals surface area contributed by atoms with Gasteiger partial charge in [-0.25, -0.2) is 4.79 Å². The summed E-state index contributed by atoms with van der Waals surface area (Å²) in [6, 6.07) is 10.4. The van der Waals surface area contributed by atoms with Crippen molar-refractivity contribution in [3.05, 3.63) is 58.9 Å². The highest BCUT2D eigenvalue weighted by atomic mass is 35.5. The zero-order chi connectivity index (χ0) is 13.8. The Morgan fingerprint density at radius 2 is 2.11 bits per heavy atom. The molecule has 5 heteroatoms. The third-order valence-electron chi connectivity index (χ3n) is 2.73. The lowest BCUT2D eigenvalue weighted by Gasteiger charge is -2.16. The summed E-state index contributed by atoms with van der Waals surface area (Å²) in [5, 5.41) is 12.5. The van der Waals surface area contributed by atoms with E-state index < -0.39 is 5.97 Å². The van der Waals surface area contributed by atoms with Crippen molar-refractivity contribution in [1.29, 1.82) is 0 Å². The minimum Gasteiger partial charge on any atom is -0.478 e. The van der Waals surface area contributed by atoms with E-state index in [1.54, 1.807) is 24.4 Å². The van der Waals surface area contributed by atoms with Crippen molar-refractivity contribution < 1.29 is 9.90 Å². The molecule has 0 saturated heterocycles. The van der Waals surface area contributed by atoms with E-state index in [9.17, 15) is 9.90 Å². The van der Waals surface area contributed by atoms with Gasteiger partial charge in [0.25, 0.3) is 0 Å². The number of aromatic nitrogens is 1. The number of carbonyl (C=O) groups is 1. The van der Waals surface area contributed by atoms with E-state index >= 15 is 0 Å².